The smallest absolute Gasteiger partial charge is 0.241 e. The third-order valence-electron chi connectivity index (χ3n) is 4.23. The molecule has 1 aliphatic rings. The van der Waals surface area contributed by atoms with E-state index < -0.39 is 0 Å². The molecule has 1 aromatic rings. The van der Waals surface area contributed by atoms with Crippen LogP contribution in [0, 0.1) is 5.92 Å². The summed E-state index contributed by atoms with van der Waals surface area (Å²) in [5, 5.41) is 9.76. The second-order valence-corrected chi connectivity index (χ2v) is 6.42. The van der Waals surface area contributed by atoms with Gasteiger partial charge in [0.05, 0.1) is 12.6 Å². The van der Waals surface area contributed by atoms with Crippen LogP contribution in [0.5, 0.6) is 0 Å². The number of nitrogens with zero attached hydrogens (tertiary/aromatic N) is 1. The predicted octanol–water partition coefficient (Wildman–Crippen LogP) is 1.29. The number of hydrogen-bond donors (Lipinski definition) is 3. The lowest BCUT2D eigenvalue weighted by molar-refractivity contribution is -0.138. The highest BCUT2D eigenvalue weighted by Crippen LogP contribution is 2.18. The third kappa shape index (κ3) is 4.06. The molecule has 0 radical (unpaired) electrons. The maximum absolute atomic E-state index is 12.9. The van der Waals surface area contributed by atoms with Crippen LogP contribution in [0.25, 0.3) is 0 Å². The fourth-order valence-electron chi connectivity index (χ4n) is 2.88. The quantitative estimate of drug-likeness (QED) is 0.741. The number of carbonyl (C=O) groups is 1. The monoisotopic (exact) mass is 305 g/mol. The molecule has 3 N–H and O–H groups in total. The largest absolute Gasteiger partial charge is 0.394 e. The van der Waals surface area contributed by atoms with Crippen molar-refractivity contribution >= 4 is 5.91 Å². The number of amides is 1. The number of benzene rings is 1. The third-order valence-corrected chi connectivity index (χ3v) is 4.23. The van der Waals surface area contributed by atoms with Gasteiger partial charge in [0.15, 0.2) is 0 Å². The number of hydrazine groups is 1. The van der Waals surface area contributed by atoms with Crippen molar-refractivity contribution in [2.24, 2.45) is 5.92 Å². The van der Waals surface area contributed by atoms with Crippen LogP contribution in [0.2, 0.25) is 0 Å². The number of aliphatic hydroxyl groups is 1. The SMILES string of the molecule is CC1CC(C(=O)N(Cc2ccccc2)C(CO)C(C)C)NN1. The van der Waals surface area contributed by atoms with Crippen molar-refractivity contribution in [2.45, 2.75) is 51.9 Å². The molecule has 0 aromatic heterocycles. The molecule has 5 nitrogen and oxygen atoms in total. The van der Waals surface area contributed by atoms with Crippen LogP contribution in [0.1, 0.15) is 32.8 Å². The van der Waals surface area contributed by atoms with Crippen molar-refractivity contribution in [3.63, 3.8) is 0 Å². The van der Waals surface area contributed by atoms with Gasteiger partial charge in [-0.3, -0.25) is 10.2 Å². The summed E-state index contributed by atoms with van der Waals surface area (Å²) in [6, 6.07) is 9.80. The van der Waals surface area contributed by atoms with Crippen LogP contribution in [0.3, 0.4) is 0 Å². The van der Waals surface area contributed by atoms with Gasteiger partial charge < -0.3 is 10.0 Å². The van der Waals surface area contributed by atoms with Gasteiger partial charge in [0, 0.05) is 12.6 Å². The summed E-state index contributed by atoms with van der Waals surface area (Å²) in [6.45, 7) is 6.62. The zero-order valence-electron chi connectivity index (χ0n) is 13.6. The first-order valence-electron chi connectivity index (χ1n) is 7.99. The Labute approximate surface area is 132 Å². The highest BCUT2D eigenvalue weighted by Gasteiger charge is 2.34. The number of aliphatic hydroxyl groups excluding tert-OH is 1. The number of rotatable bonds is 6. The molecular weight excluding hydrogens is 278 g/mol. The molecule has 3 unspecified atom stereocenters. The van der Waals surface area contributed by atoms with Crippen LogP contribution in [0.4, 0.5) is 0 Å². The van der Waals surface area contributed by atoms with Gasteiger partial charge in [0.2, 0.25) is 5.91 Å². The minimum atomic E-state index is -0.230. The van der Waals surface area contributed by atoms with Gasteiger partial charge in [-0.15, -0.1) is 0 Å². The Morgan fingerprint density at radius 2 is 2.00 bits per heavy atom. The molecule has 0 spiro atoms. The van der Waals surface area contributed by atoms with Gasteiger partial charge >= 0.3 is 0 Å². The van der Waals surface area contributed by atoms with E-state index in [1.165, 1.54) is 0 Å². The van der Waals surface area contributed by atoms with Gasteiger partial charge in [-0.25, -0.2) is 5.43 Å². The van der Waals surface area contributed by atoms with E-state index in [2.05, 4.69) is 10.9 Å². The summed E-state index contributed by atoms with van der Waals surface area (Å²) in [4.78, 5) is 14.7. The lowest BCUT2D eigenvalue weighted by Gasteiger charge is -2.35. The Morgan fingerprint density at radius 3 is 2.50 bits per heavy atom. The summed E-state index contributed by atoms with van der Waals surface area (Å²) in [5.74, 6) is 0.248. The van der Waals surface area contributed by atoms with E-state index in [1.54, 1.807) is 0 Å². The fourth-order valence-corrected chi connectivity index (χ4v) is 2.88. The maximum Gasteiger partial charge on any atom is 0.241 e. The molecule has 1 saturated heterocycles. The van der Waals surface area contributed by atoms with Crippen LogP contribution in [-0.2, 0) is 11.3 Å². The topological polar surface area (TPSA) is 64.6 Å². The first-order chi connectivity index (χ1) is 10.5. The molecular formula is C17H27N3O2. The second kappa shape index (κ2) is 7.72. The van der Waals surface area contributed by atoms with E-state index >= 15 is 0 Å². The van der Waals surface area contributed by atoms with Crippen molar-refractivity contribution in [3.05, 3.63) is 35.9 Å². The molecule has 0 aliphatic carbocycles. The first kappa shape index (κ1) is 16.9. The van der Waals surface area contributed by atoms with Gasteiger partial charge in [-0.1, -0.05) is 44.2 Å². The molecule has 5 heteroatoms. The molecule has 3 atom stereocenters. The second-order valence-electron chi connectivity index (χ2n) is 6.42. The molecule has 0 bridgehead atoms. The van der Waals surface area contributed by atoms with Crippen LogP contribution in [0.15, 0.2) is 30.3 Å². The molecule has 1 amide bonds. The van der Waals surface area contributed by atoms with E-state index in [-0.39, 0.29) is 36.6 Å². The average Bonchev–Trinajstić information content (AvgIpc) is 2.93. The van der Waals surface area contributed by atoms with Crippen LogP contribution in [-0.4, -0.2) is 40.6 Å². The minimum absolute atomic E-state index is 0.0219. The molecule has 1 heterocycles. The molecule has 1 aromatic carbocycles. The average molecular weight is 305 g/mol. The lowest BCUT2D eigenvalue weighted by Crippen LogP contribution is -2.52. The van der Waals surface area contributed by atoms with Crippen LogP contribution >= 0.6 is 0 Å². The lowest BCUT2D eigenvalue weighted by atomic mass is 10.0. The van der Waals surface area contributed by atoms with Crippen molar-refractivity contribution in [1.82, 2.24) is 15.8 Å². The van der Waals surface area contributed by atoms with E-state index in [0.717, 1.165) is 12.0 Å². The Hall–Kier alpha value is -1.43. The van der Waals surface area contributed by atoms with Gasteiger partial charge in [0.1, 0.15) is 6.04 Å². The van der Waals surface area contributed by atoms with Gasteiger partial charge in [-0.05, 0) is 24.8 Å². The van der Waals surface area contributed by atoms with E-state index in [9.17, 15) is 9.90 Å². The summed E-state index contributed by atoms with van der Waals surface area (Å²) in [5.41, 5.74) is 7.24. The molecule has 122 valence electrons. The van der Waals surface area contributed by atoms with Crippen LogP contribution < -0.4 is 10.9 Å². The normalized spacial score (nSPS) is 22.8. The summed E-state index contributed by atoms with van der Waals surface area (Å²) in [6.07, 6.45) is 0.764. The van der Waals surface area contributed by atoms with E-state index in [1.807, 2.05) is 56.0 Å². The molecule has 1 fully saturated rings. The molecule has 0 saturated carbocycles. The fraction of sp³-hybridized carbons (Fsp3) is 0.588. The Bertz CT molecular complexity index is 478. The Morgan fingerprint density at radius 1 is 1.32 bits per heavy atom. The zero-order valence-corrected chi connectivity index (χ0v) is 13.6. The Balaban J connectivity index is 2.18. The van der Waals surface area contributed by atoms with Crippen molar-refractivity contribution in [2.75, 3.05) is 6.61 Å². The maximum atomic E-state index is 12.9. The summed E-state index contributed by atoms with van der Waals surface area (Å²) >= 11 is 0. The standard InChI is InChI=1S/C17H27N3O2/c1-12(2)16(11-21)20(10-14-7-5-4-6-8-14)17(22)15-9-13(3)18-19-15/h4-8,12-13,15-16,18-19,21H,9-11H2,1-3H3. The molecule has 22 heavy (non-hydrogen) atoms. The highest BCUT2D eigenvalue weighted by molar-refractivity contribution is 5.82. The molecule has 2 rings (SSSR count). The van der Waals surface area contributed by atoms with Crippen molar-refractivity contribution in [1.29, 1.82) is 0 Å². The first-order valence-corrected chi connectivity index (χ1v) is 7.99. The van der Waals surface area contributed by atoms with E-state index in [0.29, 0.717) is 6.54 Å². The number of carbonyl (C=O) groups excluding carboxylic acids is 1. The van der Waals surface area contributed by atoms with Gasteiger partial charge in [0.25, 0.3) is 0 Å². The predicted molar refractivity (Wildman–Crippen MR) is 86.8 cm³/mol. The van der Waals surface area contributed by atoms with Crippen molar-refractivity contribution in [3.8, 4) is 0 Å². The Kier molecular flexibility index (Phi) is 5.94. The minimum Gasteiger partial charge on any atom is -0.394 e. The molecule has 1 aliphatic heterocycles. The van der Waals surface area contributed by atoms with Crippen molar-refractivity contribution < 1.29 is 9.90 Å². The highest BCUT2D eigenvalue weighted by atomic mass is 16.3. The number of hydrogen-bond acceptors (Lipinski definition) is 4. The van der Waals surface area contributed by atoms with Gasteiger partial charge in [-0.2, -0.15) is 0 Å². The summed E-state index contributed by atoms with van der Waals surface area (Å²) in [7, 11) is 0. The van der Waals surface area contributed by atoms with E-state index in [4.69, 9.17) is 0 Å². The number of nitrogens with one attached hydrogen (secondary N) is 2. The summed E-state index contributed by atoms with van der Waals surface area (Å²) < 4.78 is 0. The zero-order chi connectivity index (χ0) is 16.1.